The summed E-state index contributed by atoms with van der Waals surface area (Å²) >= 11 is 0. The van der Waals surface area contributed by atoms with E-state index in [1.54, 1.807) is 6.92 Å². The van der Waals surface area contributed by atoms with E-state index in [0.717, 1.165) is 12.3 Å². The second kappa shape index (κ2) is 7.12. The van der Waals surface area contributed by atoms with E-state index in [4.69, 9.17) is 4.74 Å². The molecule has 0 aliphatic rings. The van der Waals surface area contributed by atoms with Gasteiger partial charge >= 0.3 is 6.18 Å². The van der Waals surface area contributed by atoms with Crippen LogP contribution in [0.25, 0.3) is 11.1 Å². The topological polar surface area (TPSA) is 76.5 Å². The lowest BCUT2D eigenvalue weighted by Crippen LogP contribution is -2.38. The van der Waals surface area contributed by atoms with Gasteiger partial charge in [-0.3, -0.25) is 0 Å². The molecule has 0 aliphatic heterocycles. The molecule has 0 fully saturated rings. The first-order chi connectivity index (χ1) is 12.2. The minimum atomic E-state index is -4.60. The molecule has 0 radical (unpaired) electrons. The lowest BCUT2D eigenvalue weighted by atomic mass is 10.0. The van der Waals surface area contributed by atoms with Crippen molar-refractivity contribution in [2.24, 2.45) is 0 Å². The number of ether oxygens (including phenoxy) is 1. The number of aliphatic hydroxyl groups is 1. The zero-order valence-corrected chi connectivity index (χ0v) is 16.0. The monoisotopic (exact) mass is 403 g/mol. The summed E-state index contributed by atoms with van der Waals surface area (Å²) < 4.78 is 68.0. The second-order valence-corrected chi connectivity index (χ2v) is 8.80. The third-order valence-corrected chi connectivity index (χ3v) is 5.18. The lowest BCUT2D eigenvalue weighted by Gasteiger charge is -2.27. The van der Waals surface area contributed by atoms with Gasteiger partial charge < -0.3 is 9.84 Å². The van der Waals surface area contributed by atoms with E-state index >= 15 is 0 Å². The van der Waals surface area contributed by atoms with Crippen LogP contribution < -0.4 is 4.74 Å². The van der Waals surface area contributed by atoms with E-state index in [2.05, 4.69) is 4.98 Å². The van der Waals surface area contributed by atoms with Gasteiger partial charge in [0.15, 0.2) is 9.84 Å². The minimum Gasteiger partial charge on any atom is -0.471 e. The van der Waals surface area contributed by atoms with E-state index in [1.165, 1.54) is 38.1 Å². The smallest absolute Gasteiger partial charge is 0.417 e. The number of hydrogen-bond donors (Lipinski definition) is 1. The second-order valence-electron chi connectivity index (χ2n) is 6.78. The quantitative estimate of drug-likeness (QED) is 0.824. The highest BCUT2D eigenvalue weighted by atomic mass is 32.2. The summed E-state index contributed by atoms with van der Waals surface area (Å²) in [7, 11) is -3.44. The van der Waals surface area contributed by atoms with Crippen LogP contribution in [0.4, 0.5) is 13.2 Å². The summed E-state index contributed by atoms with van der Waals surface area (Å²) in [5.41, 5.74) is -1.87. The standard InChI is InChI=1S/C18H20F3NO4S/c1-11(17(2,3)23)26-16-15(9-13(10-22-16)18(19,20)21)12-5-7-14(8-6-12)27(4,24)25/h5-11,23H,1-4H3/t11-/m1/s1. The number of halogens is 3. The Balaban J connectivity index is 2.56. The molecular formula is C18H20F3NO4S. The Bertz CT molecular complexity index is 917. The molecule has 148 valence electrons. The first-order valence-corrected chi connectivity index (χ1v) is 9.85. The van der Waals surface area contributed by atoms with Gasteiger partial charge in [0.05, 0.1) is 16.1 Å². The molecular weight excluding hydrogens is 383 g/mol. The molecule has 0 aliphatic carbocycles. The Morgan fingerprint density at radius 3 is 2.15 bits per heavy atom. The van der Waals surface area contributed by atoms with Crippen LogP contribution in [0.5, 0.6) is 5.88 Å². The van der Waals surface area contributed by atoms with E-state index in [9.17, 15) is 26.7 Å². The van der Waals surface area contributed by atoms with Crippen LogP contribution >= 0.6 is 0 Å². The van der Waals surface area contributed by atoms with Crippen LogP contribution in [0.3, 0.4) is 0 Å². The summed E-state index contributed by atoms with van der Waals surface area (Å²) in [5.74, 6) is -0.0928. The molecule has 27 heavy (non-hydrogen) atoms. The Hall–Kier alpha value is -2.13. The Morgan fingerprint density at radius 1 is 1.15 bits per heavy atom. The highest BCUT2D eigenvalue weighted by Crippen LogP contribution is 2.36. The SMILES string of the molecule is C[C@@H](Oc1ncc(C(F)(F)F)cc1-c1ccc(S(C)(=O)=O)cc1)C(C)(C)O. The van der Waals surface area contributed by atoms with Crippen LogP contribution in [0, 0.1) is 0 Å². The zero-order valence-electron chi connectivity index (χ0n) is 15.2. The Morgan fingerprint density at radius 2 is 1.70 bits per heavy atom. The number of pyridine rings is 1. The first-order valence-electron chi connectivity index (χ1n) is 7.96. The molecule has 1 heterocycles. The van der Waals surface area contributed by atoms with E-state index in [-0.39, 0.29) is 16.3 Å². The van der Waals surface area contributed by atoms with Crippen LogP contribution in [0.15, 0.2) is 41.4 Å². The fraction of sp³-hybridized carbons (Fsp3) is 0.389. The van der Waals surface area contributed by atoms with Crippen LogP contribution in [-0.2, 0) is 16.0 Å². The normalized spacial score (nSPS) is 14.1. The van der Waals surface area contributed by atoms with Crippen LogP contribution in [-0.4, -0.2) is 36.5 Å². The van der Waals surface area contributed by atoms with Gasteiger partial charge in [0.25, 0.3) is 0 Å². The molecule has 1 atom stereocenters. The molecule has 0 amide bonds. The Labute approximate surface area is 155 Å². The van der Waals surface area contributed by atoms with Crippen molar-refractivity contribution in [2.75, 3.05) is 6.26 Å². The van der Waals surface area contributed by atoms with Crippen molar-refractivity contribution in [2.45, 2.75) is 43.5 Å². The van der Waals surface area contributed by atoms with Gasteiger partial charge in [-0.1, -0.05) is 12.1 Å². The largest absolute Gasteiger partial charge is 0.471 e. The third kappa shape index (κ3) is 5.20. The maximum atomic E-state index is 13.1. The van der Waals surface area contributed by atoms with Gasteiger partial charge in [-0.2, -0.15) is 13.2 Å². The van der Waals surface area contributed by atoms with E-state index in [1.807, 2.05) is 0 Å². The predicted molar refractivity (Wildman–Crippen MR) is 94.2 cm³/mol. The van der Waals surface area contributed by atoms with Gasteiger partial charge in [0.1, 0.15) is 6.10 Å². The molecule has 0 saturated heterocycles. The molecule has 2 aromatic rings. The highest BCUT2D eigenvalue weighted by Gasteiger charge is 2.33. The number of nitrogens with zero attached hydrogens (tertiary/aromatic N) is 1. The maximum absolute atomic E-state index is 13.1. The van der Waals surface area contributed by atoms with Crippen LogP contribution in [0.1, 0.15) is 26.3 Å². The van der Waals surface area contributed by atoms with Crippen LogP contribution in [0.2, 0.25) is 0 Å². The number of benzene rings is 1. The summed E-state index contributed by atoms with van der Waals surface area (Å²) in [6.45, 7) is 4.57. The molecule has 1 N–H and O–H groups in total. The number of hydrogen-bond acceptors (Lipinski definition) is 5. The number of sulfone groups is 1. The van der Waals surface area contributed by atoms with Gasteiger partial charge in [-0.15, -0.1) is 0 Å². The molecule has 5 nitrogen and oxygen atoms in total. The fourth-order valence-electron chi connectivity index (χ4n) is 2.10. The third-order valence-electron chi connectivity index (χ3n) is 4.06. The maximum Gasteiger partial charge on any atom is 0.417 e. The first kappa shape index (κ1) is 21.2. The predicted octanol–water partition coefficient (Wildman–Crippen LogP) is 3.71. The summed E-state index contributed by atoms with van der Waals surface area (Å²) in [4.78, 5) is 3.81. The zero-order chi connectivity index (χ0) is 20.6. The van der Waals surface area contributed by atoms with Gasteiger partial charge in [-0.05, 0) is 44.5 Å². The molecule has 0 spiro atoms. The van der Waals surface area contributed by atoms with Crippen molar-refractivity contribution in [3.63, 3.8) is 0 Å². The Kier molecular flexibility index (Phi) is 5.58. The number of rotatable bonds is 5. The molecule has 1 aromatic heterocycles. The van der Waals surface area contributed by atoms with Crippen molar-refractivity contribution in [1.82, 2.24) is 4.98 Å². The van der Waals surface area contributed by atoms with E-state index < -0.39 is 33.3 Å². The average molecular weight is 403 g/mol. The van der Waals surface area contributed by atoms with Crippen molar-refractivity contribution < 1.29 is 31.4 Å². The minimum absolute atomic E-state index is 0.0403. The number of alkyl halides is 3. The highest BCUT2D eigenvalue weighted by molar-refractivity contribution is 7.90. The fourth-order valence-corrected chi connectivity index (χ4v) is 2.73. The average Bonchev–Trinajstić information content (AvgIpc) is 2.52. The van der Waals surface area contributed by atoms with E-state index in [0.29, 0.717) is 11.8 Å². The molecule has 1 aromatic carbocycles. The number of aromatic nitrogens is 1. The summed E-state index contributed by atoms with van der Waals surface area (Å²) in [5, 5.41) is 10.0. The van der Waals surface area contributed by atoms with Crippen molar-refractivity contribution >= 4 is 9.84 Å². The van der Waals surface area contributed by atoms with Crippen molar-refractivity contribution in [3.05, 3.63) is 42.1 Å². The van der Waals surface area contributed by atoms with Crippen molar-refractivity contribution in [1.29, 1.82) is 0 Å². The van der Waals surface area contributed by atoms with Crippen molar-refractivity contribution in [3.8, 4) is 17.0 Å². The summed E-state index contributed by atoms with van der Waals surface area (Å²) in [6, 6.07) is 6.25. The van der Waals surface area contributed by atoms with Gasteiger partial charge in [0, 0.05) is 18.0 Å². The molecule has 9 heteroatoms. The van der Waals surface area contributed by atoms with Gasteiger partial charge in [-0.25, -0.2) is 13.4 Å². The molecule has 0 saturated carbocycles. The summed E-state index contributed by atoms with van der Waals surface area (Å²) in [6.07, 6.45) is -3.67. The molecule has 0 unspecified atom stereocenters. The molecule has 0 bridgehead atoms. The lowest BCUT2D eigenvalue weighted by molar-refractivity contribution is -0.137. The van der Waals surface area contributed by atoms with Gasteiger partial charge in [0.2, 0.25) is 5.88 Å². The molecule has 2 rings (SSSR count).